The highest BCUT2D eigenvalue weighted by atomic mass is 16.6. The molecule has 2 N–H and O–H groups in total. The van der Waals surface area contributed by atoms with Crippen molar-refractivity contribution < 1.29 is 19.7 Å². The molecule has 3 fully saturated rings. The first-order valence-corrected chi connectivity index (χ1v) is 7.26. The molecule has 0 bridgehead atoms. The average molecular weight is 256 g/mol. The highest BCUT2D eigenvalue weighted by Crippen LogP contribution is 2.42. The van der Waals surface area contributed by atoms with Crippen molar-refractivity contribution in [2.24, 2.45) is 5.92 Å². The number of hydrogen-bond acceptors (Lipinski definition) is 4. The maximum atomic E-state index is 10.5. The number of ether oxygens (including phenoxy) is 2. The maximum Gasteiger partial charge on any atom is 0.0940 e. The van der Waals surface area contributed by atoms with Crippen LogP contribution in [0.5, 0.6) is 0 Å². The molecule has 4 nitrogen and oxygen atoms in total. The summed E-state index contributed by atoms with van der Waals surface area (Å²) in [6.07, 6.45) is 5.57. The van der Waals surface area contributed by atoms with Gasteiger partial charge in [-0.1, -0.05) is 12.8 Å². The van der Waals surface area contributed by atoms with E-state index in [0.717, 1.165) is 51.6 Å². The molecule has 4 heteroatoms. The zero-order valence-electron chi connectivity index (χ0n) is 10.9. The molecule has 18 heavy (non-hydrogen) atoms. The molecule has 0 aromatic heterocycles. The molecule has 0 aromatic carbocycles. The second-order valence-electron chi connectivity index (χ2n) is 6.34. The van der Waals surface area contributed by atoms with Crippen LogP contribution in [0.2, 0.25) is 0 Å². The first-order valence-electron chi connectivity index (χ1n) is 7.26. The summed E-state index contributed by atoms with van der Waals surface area (Å²) in [5, 5.41) is 21.1. The van der Waals surface area contributed by atoms with Gasteiger partial charge in [-0.15, -0.1) is 0 Å². The Morgan fingerprint density at radius 2 is 1.89 bits per heavy atom. The largest absolute Gasteiger partial charge is 0.390 e. The van der Waals surface area contributed by atoms with E-state index in [2.05, 4.69) is 0 Å². The van der Waals surface area contributed by atoms with Crippen LogP contribution in [0.15, 0.2) is 0 Å². The summed E-state index contributed by atoms with van der Waals surface area (Å²) >= 11 is 0. The molecule has 2 aliphatic heterocycles. The van der Waals surface area contributed by atoms with Crippen LogP contribution < -0.4 is 0 Å². The van der Waals surface area contributed by atoms with Gasteiger partial charge in [0, 0.05) is 19.6 Å². The fraction of sp³-hybridized carbons (Fsp3) is 1.00. The lowest BCUT2D eigenvalue weighted by atomic mass is 9.76. The van der Waals surface area contributed by atoms with Crippen molar-refractivity contribution in [1.82, 2.24) is 0 Å². The summed E-state index contributed by atoms with van der Waals surface area (Å²) in [5.41, 5.74) is -1.03. The van der Waals surface area contributed by atoms with Gasteiger partial charge in [0.05, 0.1) is 23.9 Å². The first-order chi connectivity index (χ1) is 8.64. The Bertz CT molecular complexity index is 282. The van der Waals surface area contributed by atoms with Crippen molar-refractivity contribution in [3.05, 3.63) is 0 Å². The predicted octanol–water partition coefficient (Wildman–Crippen LogP) is 1.24. The first kappa shape index (κ1) is 12.9. The van der Waals surface area contributed by atoms with Crippen LogP contribution in [0.3, 0.4) is 0 Å². The Morgan fingerprint density at radius 1 is 1.11 bits per heavy atom. The van der Waals surface area contributed by atoms with Gasteiger partial charge in [0.25, 0.3) is 0 Å². The second kappa shape index (κ2) is 4.75. The van der Waals surface area contributed by atoms with E-state index >= 15 is 0 Å². The quantitative estimate of drug-likeness (QED) is 0.780. The summed E-state index contributed by atoms with van der Waals surface area (Å²) in [6.45, 7) is 2.09. The third kappa shape index (κ3) is 2.20. The van der Waals surface area contributed by atoms with E-state index in [4.69, 9.17) is 9.47 Å². The zero-order valence-corrected chi connectivity index (χ0v) is 10.9. The van der Waals surface area contributed by atoms with Gasteiger partial charge in [0.1, 0.15) is 0 Å². The van der Waals surface area contributed by atoms with Crippen molar-refractivity contribution in [2.75, 3.05) is 19.8 Å². The highest BCUT2D eigenvalue weighted by Gasteiger charge is 2.48. The summed E-state index contributed by atoms with van der Waals surface area (Å²) in [6, 6.07) is 0. The van der Waals surface area contributed by atoms with E-state index in [-0.39, 0.29) is 11.5 Å². The molecule has 0 radical (unpaired) electrons. The van der Waals surface area contributed by atoms with Crippen molar-refractivity contribution >= 4 is 0 Å². The van der Waals surface area contributed by atoms with Crippen LogP contribution in [0.25, 0.3) is 0 Å². The minimum absolute atomic E-state index is 0.156. The highest BCUT2D eigenvalue weighted by molar-refractivity contribution is 4.99. The minimum Gasteiger partial charge on any atom is -0.390 e. The van der Waals surface area contributed by atoms with Gasteiger partial charge in [-0.05, 0) is 31.6 Å². The summed E-state index contributed by atoms with van der Waals surface area (Å²) in [4.78, 5) is 0. The van der Waals surface area contributed by atoms with Gasteiger partial charge in [0.15, 0.2) is 0 Å². The van der Waals surface area contributed by atoms with Crippen molar-refractivity contribution in [3.63, 3.8) is 0 Å². The van der Waals surface area contributed by atoms with Gasteiger partial charge >= 0.3 is 0 Å². The van der Waals surface area contributed by atoms with E-state index in [1.807, 2.05) is 0 Å². The summed E-state index contributed by atoms with van der Waals surface area (Å²) in [5.74, 6) is 0.156. The molecule has 3 rings (SSSR count). The Balaban J connectivity index is 1.68. The fourth-order valence-corrected chi connectivity index (χ4v) is 3.92. The molecule has 1 aliphatic carbocycles. The van der Waals surface area contributed by atoms with E-state index in [1.165, 1.54) is 0 Å². The van der Waals surface area contributed by atoms with Crippen molar-refractivity contribution in [1.29, 1.82) is 0 Å². The second-order valence-corrected chi connectivity index (χ2v) is 6.34. The van der Waals surface area contributed by atoms with E-state index < -0.39 is 11.7 Å². The van der Waals surface area contributed by atoms with Gasteiger partial charge in [-0.2, -0.15) is 0 Å². The lowest BCUT2D eigenvalue weighted by molar-refractivity contribution is -0.155. The summed E-state index contributed by atoms with van der Waals surface area (Å²) in [7, 11) is 0. The Labute approximate surface area is 108 Å². The fourth-order valence-electron chi connectivity index (χ4n) is 3.92. The predicted molar refractivity (Wildman–Crippen MR) is 66.3 cm³/mol. The molecule has 3 unspecified atom stereocenters. The van der Waals surface area contributed by atoms with Crippen LogP contribution in [0.4, 0.5) is 0 Å². The molecule has 2 saturated heterocycles. The minimum atomic E-state index is -0.845. The number of rotatable bonds is 2. The average Bonchev–Trinajstić information content (AvgIpc) is 2.99. The van der Waals surface area contributed by atoms with E-state index in [1.54, 1.807) is 0 Å². The number of aliphatic hydroxyl groups is 2. The number of hydrogen-bond donors (Lipinski definition) is 2. The van der Waals surface area contributed by atoms with Gasteiger partial charge in [-0.3, -0.25) is 0 Å². The molecule has 0 aromatic rings. The van der Waals surface area contributed by atoms with Crippen molar-refractivity contribution in [2.45, 2.75) is 62.3 Å². The van der Waals surface area contributed by atoms with Crippen LogP contribution in [0.1, 0.15) is 44.9 Å². The smallest absolute Gasteiger partial charge is 0.0940 e. The molecule has 3 atom stereocenters. The van der Waals surface area contributed by atoms with Gasteiger partial charge in [-0.25, -0.2) is 0 Å². The topological polar surface area (TPSA) is 58.9 Å². The molecule has 0 amide bonds. The third-order valence-electron chi connectivity index (χ3n) is 5.06. The number of aliphatic hydroxyl groups excluding tert-OH is 1. The zero-order chi connectivity index (χ0) is 12.6. The molecule has 104 valence electrons. The van der Waals surface area contributed by atoms with E-state index in [9.17, 15) is 10.2 Å². The molecule has 2 heterocycles. The van der Waals surface area contributed by atoms with Gasteiger partial charge < -0.3 is 19.7 Å². The van der Waals surface area contributed by atoms with Crippen LogP contribution in [-0.4, -0.2) is 47.3 Å². The summed E-state index contributed by atoms with van der Waals surface area (Å²) < 4.78 is 11.3. The van der Waals surface area contributed by atoms with Crippen LogP contribution in [-0.2, 0) is 9.47 Å². The molecular weight excluding hydrogens is 232 g/mol. The lowest BCUT2D eigenvalue weighted by Gasteiger charge is -2.42. The van der Waals surface area contributed by atoms with Gasteiger partial charge in [0.2, 0.25) is 0 Å². The Hall–Kier alpha value is -0.160. The molecule has 1 spiro atoms. The third-order valence-corrected chi connectivity index (χ3v) is 5.06. The lowest BCUT2D eigenvalue weighted by Crippen LogP contribution is -2.50. The van der Waals surface area contributed by atoms with Crippen LogP contribution >= 0.6 is 0 Å². The van der Waals surface area contributed by atoms with E-state index in [0.29, 0.717) is 13.2 Å². The standard InChI is InChI=1S/C14H24O4/c15-12(14(16)4-1-2-5-14)11-3-7-18-13(9-11)6-8-17-10-13/h11-12,15-16H,1-10H2. The SMILES string of the molecule is OC(C1CCOC2(CCOC2)C1)C1(O)CCCC1. The molecular formula is C14H24O4. The Morgan fingerprint density at radius 3 is 2.56 bits per heavy atom. The van der Waals surface area contributed by atoms with Crippen LogP contribution in [0, 0.1) is 5.92 Å². The monoisotopic (exact) mass is 256 g/mol. The Kier molecular flexibility index (Phi) is 3.39. The maximum absolute atomic E-state index is 10.5. The van der Waals surface area contributed by atoms with Crippen molar-refractivity contribution in [3.8, 4) is 0 Å². The normalized spacial score (nSPS) is 41.3. The molecule has 1 saturated carbocycles. The molecule has 3 aliphatic rings.